The standard InChI is InChI=1S/C30H35NO3S/c1-22(29(32)24-14-6-3-7-15-24)31(21-23-12-4-2-5-13-23)35(33,34)30-27-18-10-8-16-25(27)20-26-17-9-11-19-28(26)30/h2-7,12-15,20,22,29,32H,8-11,16-19,21H2,1H3/t22-,29-/m0/s1. The summed E-state index contributed by atoms with van der Waals surface area (Å²) in [6, 6.07) is 20.8. The zero-order valence-corrected chi connectivity index (χ0v) is 21.3. The Hall–Kier alpha value is -2.47. The van der Waals surface area contributed by atoms with Crippen molar-refractivity contribution in [1.29, 1.82) is 0 Å². The molecule has 5 rings (SSSR count). The summed E-state index contributed by atoms with van der Waals surface area (Å²) in [5, 5.41) is 11.3. The Morgan fingerprint density at radius 3 is 1.89 bits per heavy atom. The third-order valence-electron chi connectivity index (χ3n) is 7.72. The first kappa shape index (κ1) is 24.2. The fourth-order valence-corrected chi connectivity index (χ4v) is 8.01. The summed E-state index contributed by atoms with van der Waals surface area (Å²) in [7, 11) is -3.86. The van der Waals surface area contributed by atoms with Crippen LogP contribution in [-0.2, 0) is 42.3 Å². The maximum absolute atomic E-state index is 14.7. The van der Waals surface area contributed by atoms with E-state index in [4.69, 9.17) is 0 Å². The van der Waals surface area contributed by atoms with Gasteiger partial charge in [-0.15, -0.1) is 0 Å². The van der Waals surface area contributed by atoms with Crippen molar-refractivity contribution >= 4 is 10.0 Å². The zero-order chi connectivity index (χ0) is 24.4. The minimum absolute atomic E-state index is 0.229. The van der Waals surface area contributed by atoms with Crippen LogP contribution in [0.3, 0.4) is 0 Å². The van der Waals surface area contributed by atoms with Crippen molar-refractivity contribution in [3.63, 3.8) is 0 Å². The van der Waals surface area contributed by atoms with Crippen molar-refractivity contribution in [1.82, 2.24) is 4.31 Å². The Balaban J connectivity index is 1.65. The summed E-state index contributed by atoms with van der Waals surface area (Å²) >= 11 is 0. The average Bonchev–Trinajstić information content (AvgIpc) is 2.90. The largest absolute Gasteiger partial charge is 0.387 e. The third-order valence-corrected chi connectivity index (χ3v) is 9.81. The van der Waals surface area contributed by atoms with Gasteiger partial charge < -0.3 is 5.11 Å². The Morgan fingerprint density at radius 2 is 1.31 bits per heavy atom. The van der Waals surface area contributed by atoms with E-state index in [1.54, 1.807) is 4.31 Å². The van der Waals surface area contributed by atoms with E-state index in [1.807, 2.05) is 67.6 Å². The SMILES string of the molecule is C[C@@H]([C@H](O)c1ccccc1)N(Cc1ccccc1)S(=O)(=O)c1c2c(cc3c1CCCC3)CCCC2. The second-order valence-electron chi connectivity index (χ2n) is 10.0. The van der Waals surface area contributed by atoms with Gasteiger partial charge in [-0.3, -0.25) is 0 Å². The molecule has 0 bridgehead atoms. The first-order valence-corrected chi connectivity index (χ1v) is 14.4. The molecule has 184 valence electrons. The molecule has 3 aromatic rings. The number of aliphatic hydroxyl groups is 1. The molecule has 0 saturated carbocycles. The lowest BCUT2D eigenvalue weighted by molar-refractivity contribution is 0.0959. The van der Waals surface area contributed by atoms with E-state index in [0.717, 1.165) is 73.6 Å². The number of aryl methyl sites for hydroxylation is 2. The molecule has 0 fully saturated rings. The maximum Gasteiger partial charge on any atom is 0.244 e. The predicted molar refractivity (Wildman–Crippen MR) is 140 cm³/mol. The van der Waals surface area contributed by atoms with Crippen LogP contribution >= 0.6 is 0 Å². The molecule has 5 heteroatoms. The summed E-state index contributed by atoms with van der Waals surface area (Å²) in [6.45, 7) is 2.06. The summed E-state index contributed by atoms with van der Waals surface area (Å²) in [4.78, 5) is 0.549. The molecule has 2 aliphatic rings. The Morgan fingerprint density at radius 1 is 0.800 bits per heavy atom. The predicted octanol–water partition coefficient (Wildman–Crippen LogP) is 5.76. The van der Waals surface area contributed by atoms with Gasteiger partial charge in [0, 0.05) is 6.54 Å². The van der Waals surface area contributed by atoms with Gasteiger partial charge in [0.1, 0.15) is 0 Å². The van der Waals surface area contributed by atoms with E-state index in [9.17, 15) is 13.5 Å². The van der Waals surface area contributed by atoms with Gasteiger partial charge in [-0.05, 0) is 91.7 Å². The highest BCUT2D eigenvalue weighted by atomic mass is 32.2. The van der Waals surface area contributed by atoms with E-state index in [-0.39, 0.29) is 6.54 Å². The second kappa shape index (κ2) is 10.3. The molecule has 0 spiro atoms. The zero-order valence-electron chi connectivity index (χ0n) is 20.5. The van der Waals surface area contributed by atoms with Gasteiger partial charge in [0.15, 0.2) is 0 Å². The van der Waals surface area contributed by atoms with Crippen LogP contribution in [0, 0.1) is 0 Å². The van der Waals surface area contributed by atoms with Crippen molar-refractivity contribution in [2.45, 2.75) is 81.9 Å². The number of hydrogen-bond donors (Lipinski definition) is 1. The average molecular weight is 490 g/mol. The number of hydrogen-bond acceptors (Lipinski definition) is 3. The van der Waals surface area contributed by atoms with Gasteiger partial charge >= 0.3 is 0 Å². The van der Waals surface area contributed by atoms with Crippen molar-refractivity contribution in [2.75, 3.05) is 0 Å². The lowest BCUT2D eigenvalue weighted by Crippen LogP contribution is -2.42. The normalized spacial score (nSPS) is 17.5. The van der Waals surface area contributed by atoms with Crippen molar-refractivity contribution < 1.29 is 13.5 Å². The smallest absolute Gasteiger partial charge is 0.244 e. The van der Waals surface area contributed by atoms with Gasteiger partial charge in [0.2, 0.25) is 10.0 Å². The molecule has 35 heavy (non-hydrogen) atoms. The first-order valence-electron chi connectivity index (χ1n) is 12.9. The molecule has 2 atom stereocenters. The van der Waals surface area contributed by atoms with Gasteiger partial charge in [0.25, 0.3) is 0 Å². The van der Waals surface area contributed by atoms with E-state index in [2.05, 4.69) is 6.07 Å². The van der Waals surface area contributed by atoms with Gasteiger partial charge in [-0.2, -0.15) is 4.31 Å². The molecule has 0 radical (unpaired) electrons. The summed E-state index contributed by atoms with van der Waals surface area (Å²) in [6.07, 6.45) is 6.87. The van der Waals surface area contributed by atoms with Crippen LogP contribution in [0.2, 0.25) is 0 Å². The fraction of sp³-hybridized carbons (Fsp3) is 0.400. The highest BCUT2D eigenvalue weighted by Gasteiger charge is 2.38. The molecule has 0 aromatic heterocycles. The van der Waals surface area contributed by atoms with Crippen LogP contribution in [0.25, 0.3) is 0 Å². The van der Waals surface area contributed by atoms with Crippen LogP contribution in [0.1, 0.15) is 72.1 Å². The molecular formula is C30H35NO3S. The third kappa shape index (κ3) is 4.82. The number of nitrogens with zero attached hydrogens (tertiary/aromatic N) is 1. The molecule has 0 amide bonds. The molecule has 4 nitrogen and oxygen atoms in total. The molecule has 1 N–H and O–H groups in total. The van der Waals surface area contributed by atoms with Crippen molar-refractivity contribution in [3.05, 3.63) is 100 Å². The van der Waals surface area contributed by atoms with Crippen LogP contribution in [0.4, 0.5) is 0 Å². The van der Waals surface area contributed by atoms with Gasteiger partial charge in [-0.25, -0.2) is 8.42 Å². The summed E-state index contributed by atoms with van der Waals surface area (Å²) in [5.41, 5.74) is 6.12. The number of aliphatic hydroxyl groups excluding tert-OH is 1. The van der Waals surface area contributed by atoms with E-state index in [0.29, 0.717) is 4.90 Å². The Kier molecular flexibility index (Phi) is 7.10. The molecule has 0 heterocycles. The summed E-state index contributed by atoms with van der Waals surface area (Å²) in [5.74, 6) is 0. The number of rotatable bonds is 7. The monoisotopic (exact) mass is 489 g/mol. The molecule has 0 aliphatic heterocycles. The molecule has 0 unspecified atom stereocenters. The Bertz CT molecular complexity index is 1240. The lowest BCUT2D eigenvalue weighted by Gasteiger charge is -2.35. The quantitative estimate of drug-likeness (QED) is 0.459. The molecule has 3 aromatic carbocycles. The highest BCUT2D eigenvalue weighted by Crippen LogP contribution is 2.39. The Labute approximate surface area is 209 Å². The van der Waals surface area contributed by atoms with Crippen molar-refractivity contribution in [3.8, 4) is 0 Å². The van der Waals surface area contributed by atoms with Crippen LogP contribution in [-0.4, -0.2) is 23.9 Å². The lowest BCUT2D eigenvalue weighted by atomic mass is 9.83. The second-order valence-corrected chi connectivity index (χ2v) is 11.9. The number of sulfonamides is 1. The van der Waals surface area contributed by atoms with E-state index >= 15 is 0 Å². The van der Waals surface area contributed by atoms with Crippen LogP contribution in [0.15, 0.2) is 71.6 Å². The molecule has 0 saturated heterocycles. The first-order chi connectivity index (χ1) is 17.0. The molecular weight excluding hydrogens is 454 g/mol. The van der Waals surface area contributed by atoms with Crippen LogP contribution < -0.4 is 0 Å². The minimum atomic E-state index is -3.86. The number of fused-ring (bicyclic) bond motifs is 2. The topological polar surface area (TPSA) is 57.6 Å². The summed E-state index contributed by atoms with van der Waals surface area (Å²) < 4.78 is 30.9. The fourth-order valence-electron chi connectivity index (χ4n) is 5.81. The van der Waals surface area contributed by atoms with Gasteiger partial charge in [-0.1, -0.05) is 66.7 Å². The van der Waals surface area contributed by atoms with Crippen molar-refractivity contribution in [2.24, 2.45) is 0 Å². The number of benzene rings is 3. The maximum atomic E-state index is 14.7. The van der Waals surface area contributed by atoms with E-state index in [1.165, 1.54) is 11.1 Å². The minimum Gasteiger partial charge on any atom is -0.387 e. The molecule has 2 aliphatic carbocycles. The van der Waals surface area contributed by atoms with E-state index < -0.39 is 22.2 Å². The highest BCUT2D eigenvalue weighted by molar-refractivity contribution is 7.89. The van der Waals surface area contributed by atoms with Gasteiger partial charge in [0.05, 0.1) is 17.0 Å². The van der Waals surface area contributed by atoms with Crippen LogP contribution in [0.5, 0.6) is 0 Å².